The lowest BCUT2D eigenvalue weighted by Crippen LogP contribution is -2.12. The molecule has 2 heterocycles. The van der Waals surface area contributed by atoms with Gasteiger partial charge in [0.05, 0.1) is 23.9 Å². The molecular weight excluding hydrogens is 234 g/mol. The van der Waals surface area contributed by atoms with Crippen molar-refractivity contribution in [2.24, 2.45) is 0 Å². The van der Waals surface area contributed by atoms with Crippen LogP contribution in [0, 0.1) is 0 Å². The molecule has 2 aromatic rings. The van der Waals surface area contributed by atoms with E-state index in [9.17, 15) is 4.79 Å². The first-order chi connectivity index (χ1) is 7.97. The standard InChI is InChI=1S/C13H15NO2S/c1-13(2,3)11-8-17-12(14-11)6-10(15)9-4-5-16-7-9/h4-5,7-8H,6H2,1-3H3. The Labute approximate surface area is 104 Å². The molecule has 17 heavy (non-hydrogen) atoms. The topological polar surface area (TPSA) is 43.1 Å². The van der Waals surface area contributed by atoms with Crippen molar-refractivity contribution in [3.05, 3.63) is 40.2 Å². The van der Waals surface area contributed by atoms with E-state index in [1.807, 2.05) is 5.38 Å². The van der Waals surface area contributed by atoms with E-state index in [-0.39, 0.29) is 11.2 Å². The van der Waals surface area contributed by atoms with E-state index in [1.165, 1.54) is 23.9 Å². The molecule has 0 spiro atoms. The van der Waals surface area contributed by atoms with E-state index in [4.69, 9.17) is 4.42 Å². The molecule has 0 N–H and O–H groups in total. The molecular formula is C13H15NO2S. The Balaban J connectivity index is 2.10. The van der Waals surface area contributed by atoms with Gasteiger partial charge >= 0.3 is 0 Å². The second kappa shape index (κ2) is 4.45. The molecule has 0 saturated heterocycles. The highest BCUT2D eigenvalue weighted by atomic mass is 32.1. The number of Topliss-reactive ketones (excluding diaryl/α,β-unsaturated/α-hetero) is 1. The van der Waals surface area contributed by atoms with Crippen LogP contribution in [0.5, 0.6) is 0 Å². The molecule has 0 radical (unpaired) electrons. The maximum absolute atomic E-state index is 11.8. The maximum Gasteiger partial charge on any atom is 0.172 e. The molecule has 0 aliphatic rings. The van der Waals surface area contributed by atoms with E-state index < -0.39 is 0 Å². The van der Waals surface area contributed by atoms with E-state index in [0.717, 1.165) is 10.7 Å². The molecule has 90 valence electrons. The second-order valence-electron chi connectivity index (χ2n) is 4.99. The van der Waals surface area contributed by atoms with Gasteiger partial charge in [-0.3, -0.25) is 4.79 Å². The summed E-state index contributed by atoms with van der Waals surface area (Å²) in [6.45, 7) is 6.34. The molecule has 4 heteroatoms. The highest BCUT2D eigenvalue weighted by Gasteiger charge is 2.18. The highest BCUT2D eigenvalue weighted by molar-refractivity contribution is 7.09. The number of hydrogen-bond donors (Lipinski definition) is 0. The largest absolute Gasteiger partial charge is 0.472 e. The third-order valence-electron chi connectivity index (χ3n) is 2.48. The van der Waals surface area contributed by atoms with Gasteiger partial charge in [0.2, 0.25) is 0 Å². The Morgan fingerprint density at radius 2 is 2.24 bits per heavy atom. The maximum atomic E-state index is 11.8. The number of rotatable bonds is 3. The van der Waals surface area contributed by atoms with Gasteiger partial charge in [0.15, 0.2) is 5.78 Å². The summed E-state index contributed by atoms with van der Waals surface area (Å²) in [6.07, 6.45) is 3.33. The van der Waals surface area contributed by atoms with Gasteiger partial charge in [-0.1, -0.05) is 20.8 Å². The predicted octanol–water partition coefficient (Wildman–Crippen LogP) is 3.46. The second-order valence-corrected chi connectivity index (χ2v) is 5.93. The van der Waals surface area contributed by atoms with Crippen molar-refractivity contribution in [3.63, 3.8) is 0 Å². The summed E-state index contributed by atoms with van der Waals surface area (Å²) in [6, 6.07) is 1.68. The number of carbonyl (C=O) groups excluding carboxylic acids is 1. The molecule has 2 rings (SSSR count). The Bertz CT molecular complexity index is 506. The zero-order chi connectivity index (χ0) is 12.5. The van der Waals surface area contributed by atoms with Crippen molar-refractivity contribution < 1.29 is 9.21 Å². The van der Waals surface area contributed by atoms with Gasteiger partial charge in [0, 0.05) is 10.8 Å². The number of thiazole rings is 1. The fraction of sp³-hybridized carbons (Fsp3) is 0.385. The Morgan fingerprint density at radius 1 is 1.47 bits per heavy atom. The van der Waals surface area contributed by atoms with Crippen LogP contribution in [0.3, 0.4) is 0 Å². The van der Waals surface area contributed by atoms with E-state index >= 15 is 0 Å². The number of furan rings is 1. The lowest BCUT2D eigenvalue weighted by atomic mass is 9.93. The van der Waals surface area contributed by atoms with Crippen LogP contribution >= 0.6 is 11.3 Å². The first kappa shape index (κ1) is 12.0. The fourth-order valence-corrected chi connectivity index (χ4v) is 2.42. The van der Waals surface area contributed by atoms with Crippen molar-refractivity contribution in [3.8, 4) is 0 Å². The van der Waals surface area contributed by atoms with Crippen LogP contribution in [0.1, 0.15) is 41.8 Å². The SMILES string of the molecule is CC(C)(C)c1csc(CC(=O)c2ccoc2)n1. The number of carbonyl (C=O) groups is 1. The van der Waals surface area contributed by atoms with Gasteiger partial charge in [-0.15, -0.1) is 11.3 Å². The van der Waals surface area contributed by atoms with Gasteiger partial charge in [0.1, 0.15) is 11.3 Å². The van der Waals surface area contributed by atoms with E-state index in [0.29, 0.717) is 12.0 Å². The van der Waals surface area contributed by atoms with Gasteiger partial charge in [0.25, 0.3) is 0 Å². The van der Waals surface area contributed by atoms with Crippen LogP contribution in [0.4, 0.5) is 0 Å². The lowest BCUT2D eigenvalue weighted by molar-refractivity contribution is 0.0992. The number of ketones is 1. The van der Waals surface area contributed by atoms with Crippen molar-refractivity contribution >= 4 is 17.1 Å². The number of nitrogens with zero attached hydrogens (tertiary/aromatic N) is 1. The Kier molecular flexibility index (Phi) is 3.15. The van der Waals surface area contributed by atoms with Crippen LogP contribution in [-0.4, -0.2) is 10.8 Å². The Morgan fingerprint density at radius 3 is 2.76 bits per heavy atom. The first-order valence-electron chi connectivity index (χ1n) is 5.47. The third-order valence-corrected chi connectivity index (χ3v) is 3.32. The summed E-state index contributed by atoms with van der Waals surface area (Å²) in [5, 5.41) is 2.89. The smallest absolute Gasteiger partial charge is 0.172 e. The fourth-order valence-electron chi connectivity index (χ4n) is 1.40. The highest BCUT2D eigenvalue weighted by Crippen LogP contribution is 2.24. The zero-order valence-corrected chi connectivity index (χ0v) is 11.0. The summed E-state index contributed by atoms with van der Waals surface area (Å²) in [4.78, 5) is 16.3. The average molecular weight is 249 g/mol. The summed E-state index contributed by atoms with van der Waals surface area (Å²) in [5.41, 5.74) is 1.68. The molecule has 0 aliphatic carbocycles. The van der Waals surface area contributed by atoms with Crippen molar-refractivity contribution in [1.29, 1.82) is 0 Å². The zero-order valence-electron chi connectivity index (χ0n) is 10.2. The molecule has 0 bridgehead atoms. The monoisotopic (exact) mass is 249 g/mol. The first-order valence-corrected chi connectivity index (χ1v) is 6.35. The van der Waals surface area contributed by atoms with Crippen LogP contribution in [0.2, 0.25) is 0 Å². The molecule has 2 aromatic heterocycles. The van der Waals surface area contributed by atoms with Gasteiger partial charge in [-0.2, -0.15) is 0 Å². The average Bonchev–Trinajstić information content (AvgIpc) is 2.85. The molecule has 0 unspecified atom stereocenters. The molecule has 0 aromatic carbocycles. The van der Waals surface area contributed by atoms with Crippen LogP contribution < -0.4 is 0 Å². The summed E-state index contributed by atoms with van der Waals surface area (Å²) in [7, 11) is 0. The Hall–Kier alpha value is -1.42. The van der Waals surface area contributed by atoms with Crippen LogP contribution in [0.25, 0.3) is 0 Å². The minimum atomic E-state index is 0.0352. The number of aromatic nitrogens is 1. The molecule has 0 saturated carbocycles. The van der Waals surface area contributed by atoms with E-state index in [1.54, 1.807) is 6.07 Å². The predicted molar refractivity (Wildman–Crippen MR) is 67.6 cm³/mol. The summed E-state index contributed by atoms with van der Waals surface area (Å²) in [5.74, 6) is 0.0496. The molecule has 0 aliphatic heterocycles. The quantitative estimate of drug-likeness (QED) is 0.782. The number of hydrogen-bond acceptors (Lipinski definition) is 4. The summed E-state index contributed by atoms with van der Waals surface area (Å²) >= 11 is 1.54. The molecule has 0 atom stereocenters. The lowest BCUT2D eigenvalue weighted by Gasteiger charge is -2.14. The van der Waals surface area contributed by atoms with Crippen molar-refractivity contribution in [2.45, 2.75) is 32.6 Å². The van der Waals surface area contributed by atoms with Crippen molar-refractivity contribution in [2.75, 3.05) is 0 Å². The van der Waals surface area contributed by atoms with Crippen LogP contribution in [-0.2, 0) is 11.8 Å². The molecule has 0 amide bonds. The van der Waals surface area contributed by atoms with Gasteiger partial charge in [-0.05, 0) is 6.07 Å². The van der Waals surface area contributed by atoms with Gasteiger partial charge < -0.3 is 4.42 Å². The van der Waals surface area contributed by atoms with Crippen LogP contribution in [0.15, 0.2) is 28.4 Å². The normalized spacial score (nSPS) is 11.7. The molecule has 3 nitrogen and oxygen atoms in total. The van der Waals surface area contributed by atoms with Gasteiger partial charge in [-0.25, -0.2) is 4.98 Å². The minimum Gasteiger partial charge on any atom is -0.472 e. The third kappa shape index (κ3) is 2.82. The summed E-state index contributed by atoms with van der Waals surface area (Å²) < 4.78 is 4.89. The minimum absolute atomic E-state index is 0.0352. The van der Waals surface area contributed by atoms with Crippen molar-refractivity contribution in [1.82, 2.24) is 4.98 Å². The molecule has 0 fully saturated rings. The van der Waals surface area contributed by atoms with E-state index in [2.05, 4.69) is 25.8 Å².